The maximum absolute atomic E-state index is 5.63. The molecular weight excluding hydrogens is 230 g/mol. The summed E-state index contributed by atoms with van der Waals surface area (Å²) in [6.07, 6.45) is 5.22. The molecule has 0 amide bonds. The Labute approximate surface area is 108 Å². The highest BCUT2D eigenvalue weighted by Crippen LogP contribution is 2.30. The predicted molar refractivity (Wildman–Crippen MR) is 69.7 cm³/mol. The molecule has 0 atom stereocenters. The van der Waals surface area contributed by atoms with E-state index in [1.807, 2.05) is 18.2 Å². The first-order valence-corrected chi connectivity index (χ1v) is 6.43. The van der Waals surface area contributed by atoms with Crippen molar-refractivity contribution in [3.05, 3.63) is 23.8 Å². The molecule has 0 aromatic heterocycles. The van der Waals surface area contributed by atoms with Gasteiger partial charge in [-0.25, -0.2) is 0 Å². The van der Waals surface area contributed by atoms with E-state index in [9.17, 15) is 0 Å². The predicted octanol–water partition coefficient (Wildman–Crippen LogP) is 2.67. The summed E-state index contributed by atoms with van der Waals surface area (Å²) in [7, 11) is 3.29. The molecule has 1 aliphatic rings. The van der Waals surface area contributed by atoms with Crippen molar-refractivity contribution in [1.82, 2.24) is 5.48 Å². The Morgan fingerprint density at radius 3 is 2.61 bits per heavy atom. The average molecular weight is 251 g/mol. The van der Waals surface area contributed by atoms with Crippen molar-refractivity contribution in [2.75, 3.05) is 14.2 Å². The highest BCUT2D eigenvalue weighted by atomic mass is 16.7. The summed E-state index contributed by atoms with van der Waals surface area (Å²) in [5, 5.41) is 0. The molecule has 0 saturated heterocycles. The Hall–Kier alpha value is -1.26. The van der Waals surface area contributed by atoms with Gasteiger partial charge < -0.3 is 9.47 Å². The van der Waals surface area contributed by atoms with E-state index in [0.717, 1.165) is 29.9 Å². The van der Waals surface area contributed by atoms with Gasteiger partial charge in [0.25, 0.3) is 0 Å². The molecule has 2 rings (SSSR count). The van der Waals surface area contributed by atoms with Crippen LogP contribution in [0.15, 0.2) is 18.2 Å². The minimum atomic E-state index is 0.363. The van der Waals surface area contributed by atoms with Crippen LogP contribution in [0.2, 0.25) is 0 Å². The van der Waals surface area contributed by atoms with Crippen LogP contribution < -0.4 is 15.0 Å². The summed E-state index contributed by atoms with van der Waals surface area (Å²) in [5.41, 5.74) is 4.07. The Balaban J connectivity index is 1.91. The van der Waals surface area contributed by atoms with Crippen LogP contribution in [-0.4, -0.2) is 20.3 Å². The molecule has 1 fully saturated rings. The number of hydrogen-bond acceptors (Lipinski definition) is 4. The lowest BCUT2D eigenvalue weighted by molar-refractivity contribution is -0.0246. The summed E-state index contributed by atoms with van der Waals surface area (Å²) in [5.74, 6) is 1.51. The molecule has 1 aromatic rings. The van der Waals surface area contributed by atoms with Gasteiger partial charge in [-0.05, 0) is 18.9 Å². The standard InChI is InChI=1S/C14H21NO3/c1-16-13-9-5-6-11(14(13)17-2)10-15-18-12-7-3-4-8-12/h5-6,9,12,15H,3-4,7-8,10H2,1-2H3. The van der Waals surface area contributed by atoms with Crippen molar-refractivity contribution >= 4 is 0 Å². The molecule has 18 heavy (non-hydrogen) atoms. The molecule has 0 radical (unpaired) electrons. The van der Waals surface area contributed by atoms with Crippen molar-refractivity contribution in [1.29, 1.82) is 0 Å². The van der Waals surface area contributed by atoms with Gasteiger partial charge in [0.1, 0.15) is 0 Å². The van der Waals surface area contributed by atoms with Gasteiger partial charge in [-0.1, -0.05) is 25.0 Å². The van der Waals surface area contributed by atoms with E-state index in [1.54, 1.807) is 14.2 Å². The van der Waals surface area contributed by atoms with Gasteiger partial charge in [0, 0.05) is 12.1 Å². The molecular formula is C14H21NO3. The molecule has 100 valence electrons. The third-order valence-electron chi connectivity index (χ3n) is 3.30. The Bertz CT molecular complexity index is 375. The normalized spacial score (nSPS) is 15.9. The molecule has 0 heterocycles. The zero-order chi connectivity index (χ0) is 12.8. The maximum atomic E-state index is 5.63. The highest BCUT2D eigenvalue weighted by Gasteiger charge is 2.16. The van der Waals surface area contributed by atoms with Crippen LogP contribution >= 0.6 is 0 Å². The monoisotopic (exact) mass is 251 g/mol. The lowest BCUT2D eigenvalue weighted by Gasteiger charge is -2.15. The summed E-state index contributed by atoms with van der Waals surface area (Å²) >= 11 is 0. The largest absolute Gasteiger partial charge is 0.493 e. The van der Waals surface area contributed by atoms with Crippen LogP contribution in [0, 0.1) is 0 Å². The van der Waals surface area contributed by atoms with E-state index < -0.39 is 0 Å². The molecule has 0 bridgehead atoms. The fourth-order valence-corrected chi connectivity index (χ4v) is 2.34. The summed E-state index contributed by atoms with van der Waals surface area (Å²) < 4.78 is 10.6. The summed E-state index contributed by atoms with van der Waals surface area (Å²) in [6.45, 7) is 0.622. The Morgan fingerprint density at radius 1 is 1.17 bits per heavy atom. The second-order valence-corrected chi connectivity index (χ2v) is 4.50. The third-order valence-corrected chi connectivity index (χ3v) is 3.30. The van der Waals surface area contributed by atoms with E-state index in [1.165, 1.54) is 12.8 Å². The molecule has 0 spiro atoms. The van der Waals surface area contributed by atoms with Crippen LogP contribution in [0.25, 0.3) is 0 Å². The first kappa shape index (κ1) is 13.2. The van der Waals surface area contributed by atoms with Crippen molar-refractivity contribution in [3.8, 4) is 11.5 Å². The first-order valence-electron chi connectivity index (χ1n) is 6.43. The van der Waals surface area contributed by atoms with Crippen LogP contribution in [-0.2, 0) is 11.4 Å². The van der Waals surface area contributed by atoms with Gasteiger partial charge in [-0.3, -0.25) is 4.84 Å². The number of ether oxygens (including phenoxy) is 2. The van der Waals surface area contributed by atoms with Gasteiger partial charge in [-0.2, -0.15) is 5.48 Å². The SMILES string of the molecule is COc1cccc(CNOC2CCCC2)c1OC. The molecule has 4 nitrogen and oxygen atoms in total. The number of methoxy groups -OCH3 is 2. The number of rotatable bonds is 6. The van der Waals surface area contributed by atoms with Gasteiger partial charge in [-0.15, -0.1) is 0 Å². The quantitative estimate of drug-likeness (QED) is 0.789. The van der Waals surface area contributed by atoms with E-state index in [2.05, 4.69) is 5.48 Å². The lowest BCUT2D eigenvalue weighted by Crippen LogP contribution is -2.21. The molecule has 4 heteroatoms. The number of benzene rings is 1. The highest BCUT2D eigenvalue weighted by molar-refractivity contribution is 5.46. The zero-order valence-corrected chi connectivity index (χ0v) is 11.1. The van der Waals surface area contributed by atoms with Crippen molar-refractivity contribution in [3.63, 3.8) is 0 Å². The van der Waals surface area contributed by atoms with E-state index >= 15 is 0 Å². The number of nitrogens with one attached hydrogen (secondary N) is 1. The summed E-state index contributed by atoms with van der Waals surface area (Å²) in [6, 6.07) is 5.85. The van der Waals surface area contributed by atoms with E-state index in [4.69, 9.17) is 14.3 Å². The molecule has 1 saturated carbocycles. The first-order chi connectivity index (χ1) is 8.85. The minimum absolute atomic E-state index is 0.363. The van der Waals surface area contributed by atoms with Crippen molar-refractivity contribution in [2.24, 2.45) is 0 Å². The molecule has 1 aliphatic carbocycles. The second-order valence-electron chi connectivity index (χ2n) is 4.50. The van der Waals surface area contributed by atoms with Gasteiger partial charge in [0.05, 0.1) is 20.3 Å². The van der Waals surface area contributed by atoms with E-state index in [-0.39, 0.29) is 0 Å². The molecule has 0 unspecified atom stereocenters. The Kier molecular flexibility index (Phi) is 4.84. The van der Waals surface area contributed by atoms with Gasteiger partial charge in [0.15, 0.2) is 11.5 Å². The summed E-state index contributed by atoms with van der Waals surface area (Å²) in [4.78, 5) is 5.63. The Morgan fingerprint density at radius 2 is 1.94 bits per heavy atom. The van der Waals surface area contributed by atoms with Crippen LogP contribution in [0.1, 0.15) is 31.2 Å². The lowest BCUT2D eigenvalue weighted by atomic mass is 10.2. The van der Waals surface area contributed by atoms with E-state index in [0.29, 0.717) is 12.6 Å². The molecule has 1 aromatic carbocycles. The topological polar surface area (TPSA) is 39.7 Å². The van der Waals surface area contributed by atoms with Gasteiger partial charge >= 0.3 is 0 Å². The third kappa shape index (κ3) is 3.15. The maximum Gasteiger partial charge on any atom is 0.165 e. The molecule has 1 N–H and O–H groups in total. The number of hydroxylamine groups is 1. The van der Waals surface area contributed by atoms with Crippen molar-refractivity contribution < 1.29 is 14.3 Å². The van der Waals surface area contributed by atoms with Gasteiger partial charge in [0.2, 0.25) is 0 Å². The smallest absolute Gasteiger partial charge is 0.165 e. The minimum Gasteiger partial charge on any atom is -0.493 e. The van der Waals surface area contributed by atoms with Crippen LogP contribution in [0.5, 0.6) is 11.5 Å². The van der Waals surface area contributed by atoms with Crippen LogP contribution in [0.3, 0.4) is 0 Å². The molecule has 0 aliphatic heterocycles. The van der Waals surface area contributed by atoms with Crippen molar-refractivity contribution in [2.45, 2.75) is 38.3 Å². The number of hydrogen-bond donors (Lipinski definition) is 1. The second kappa shape index (κ2) is 6.61. The fourth-order valence-electron chi connectivity index (χ4n) is 2.34. The van der Waals surface area contributed by atoms with Crippen LogP contribution in [0.4, 0.5) is 0 Å². The average Bonchev–Trinajstić information content (AvgIpc) is 2.91. The number of para-hydroxylation sites is 1. The zero-order valence-electron chi connectivity index (χ0n) is 11.1. The fraction of sp³-hybridized carbons (Fsp3) is 0.571.